The van der Waals surface area contributed by atoms with Crippen molar-refractivity contribution in [2.45, 2.75) is 108 Å². The summed E-state index contributed by atoms with van der Waals surface area (Å²) in [6, 6.07) is 3.13. The molecule has 2 aromatic rings. The van der Waals surface area contributed by atoms with Gasteiger partial charge in [0.15, 0.2) is 0 Å². The summed E-state index contributed by atoms with van der Waals surface area (Å²) in [7, 11) is 0. The number of rotatable bonds is 2. The number of aromatic nitrogens is 2. The second-order valence-corrected chi connectivity index (χ2v) is 9.48. The van der Waals surface area contributed by atoms with Gasteiger partial charge in [-0.25, -0.2) is 0 Å². The molecule has 2 fully saturated rings. The predicted molar refractivity (Wildman–Crippen MR) is 109 cm³/mol. The molecule has 0 saturated heterocycles. The van der Waals surface area contributed by atoms with Gasteiger partial charge >= 0.3 is 0 Å². The van der Waals surface area contributed by atoms with Gasteiger partial charge in [0.2, 0.25) is 0 Å². The normalized spacial score (nSPS) is 22.9. The maximum absolute atomic E-state index is 5.02. The van der Waals surface area contributed by atoms with Gasteiger partial charge in [0.1, 0.15) is 4.83 Å². The van der Waals surface area contributed by atoms with Crippen LogP contribution < -0.4 is 0 Å². The zero-order valence-electron chi connectivity index (χ0n) is 15.7. The molecule has 25 heavy (non-hydrogen) atoms. The van der Waals surface area contributed by atoms with Crippen LogP contribution in [0.4, 0.5) is 0 Å². The fraction of sp³-hybridized carbons (Fsp3) is 0.773. The molecule has 0 amide bonds. The van der Waals surface area contributed by atoms with Gasteiger partial charge in [-0.1, -0.05) is 70.6 Å². The Bertz CT molecular complexity index is 607. The SMILES string of the molecule is c1c(C2CCCCCCCC2)sc2nn(C3CCCCCCC3)cc12. The van der Waals surface area contributed by atoms with Gasteiger partial charge in [0.25, 0.3) is 0 Å². The fourth-order valence-corrected chi connectivity index (χ4v) is 6.04. The van der Waals surface area contributed by atoms with Crippen LogP contribution in [0.15, 0.2) is 12.3 Å². The maximum atomic E-state index is 5.02. The predicted octanol–water partition coefficient (Wildman–Crippen LogP) is 7.60. The standard InChI is InChI=1S/C22H34N2S/c1-2-5-9-13-18(12-8-4-1)21-16-19-17-24(23-22(19)25-21)20-14-10-6-3-7-11-15-20/h16-18,20H,1-15H2. The van der Waals surface area contributed by atoms with Crippen molar-refractivity contribution in [3.63, 3.8) is 0 Å². The van der Waals surface area contributed by atoms with Crippen molar-refractivity contribution >= 4 is 21.6 Å². The molecular formula is C22H34N2S. The van der Waals surface area contributed by atoms with Gasteiger partial charge in [-0.05, 0) is 37.7 Å². The Morgan fingerprint density at radius 3 is 1.92 bits per heavy atom. The molecule has 2 aliphatic carbocycles. The molecule has 0 N–H and O–H groups in total. The van der Waals surface area contributed by atoms with E-state index in [-0.39, 0.29) is 0 Å². The van der Waals surface area contributed by atoms with Crippen molar-refractivity contribution in [1.82, 2.24) is 9.78 Å². The molecule has 0 radical (unpaired) electrons. The topological polar surface area (TPSA) is 17.8 Å². The second kappa shape index (κ2) is 8.70. The van der Waals surface area contributed by atoms with Gasteiger partial charge in [0, 0.05) is 16.5 Å². The molecule has 0 unspecified atom stereocenters. The summed E-state index contributed by atoms with van der Waals surface area (Å²) in [5, 5.41) is 6.42. The van der Waals surface area contributed by atoms with Crippen LogP contribution in [0, 0.1) is 0 Å². The molecule has 0 atom stereocenters. The van der Waals surface area contributed by atoms with E-state index in [9.17, 15) is 0 Å². The lowest BCUT2D eigenvalue weighted by molar-refractivity contribution is 0.349. The highest BCUT2D eigenvalue weighted by Gasteiger charge is 2.19. The molecule has 2 aromatic heterocycles. The van der Waals surface area contributed by atoms with Crippen molar-refractivity contribution in [2.75, 3.05) is 0 Å². The summed E-state index contributed by atoms with van der Waals surface area (Å²) in [6.07, 6.45) is 23.4. The van der Waals surface area contributed by atoms with E-state index in [1.54, 1.807) is 4.88 Å². The third-order valence-corrected chi connectivity index (χ3v) is 7.64. The monoisotopic (exact) mass is 358 g/mol. The van der Waals surface area contributed by atoms with Crippen LogP contribution in [0.25, 0.3) is 10.2 Å². The minimum Gasteiger partial charge on any atom is -0.268 e. The van der Waals surface area contributed by atoms with E-state index >= 15 is 0 Å². The Kier molecular flexibility index (Phi) is 6.12. The molecule has 138 valence electrons. The maximum Gasteiger partial charge on any atom is 0.145 e. The molecule has 3 heteroatoms. The highest BCUT2D eigenvalue weighted by molar-refractivity contribution is 7.18. The third kappa shape index (κ3) is 4.48. The molecule has 0 aromatic carbocycles. The van der Waals surface area contributed by atoms with E-state index in [1.807, 2.05) is 11.3 Å². The second-order valence-electron chi connectivity index (χ2n) is 8.41. The van der Waals surface area contributed by atoms with Crippen molar-refractivity contribution < 1.29 is 0 Å². The Morgan fingerprint density at radius 2 is 1.32 bits per heavy atom. The lowest BCUT2D eigenvalue weighted by Crippen LogP contribution is -2.11. The molecule has 2 aliphatic rings. The Morgan fingerprint density at radius 1 is 0.760 bits per heavy atom. The number of hydrogen-bond donors (Lipinski definition) is 0. The van der Waals surface area contributed by atoms with Crippen molar-refractivity contribution in [2.24, 2.45) is 0 Å². The summed E-state index contributed by atoms with van der Waals surface area (Å²) in [5.41, 5.74) is 0. The summed E-state index contributed by atoms with van der Waals surface area (Å²) in [4.78, 5) is 2.90. The first-order valence-electron chi connectivity index (χ1n) is 10.9. The summed E-state index contributed by atoms with van der Waals surface area (Å²) in [5.74, 6) is 0.798. The largest absolute Gasteiger partial charge is 0.268 e. The van der Waals surface area contributed by atoms with Gasteiger partial charge in [-0.3, -0.25) is 4.68 Å². The number of nitrogens with zero attached hydrogens (tertiary/aromatic N) is 2. The Hall–Kier alpha value is -0.830. The van der Waals surface area contributed by atoms with E-state index in [0.717, 1.165) is 5.92 Å². The van der Waals surface area contributed by atoms with Crippen LogP contribution in [-0.2, 0) is 0 Å². The summed E-state index contributed by atoms with van der Waals surface area (Å²) >= 11 is 1.99. The molecule has 0 bridgehead atoms. The molecular weight excluding hydrogens is 324 g/mol. The first-order chi connectivity index (χ1) is 12.4. The molecule has 4 rings (SSSR count). The van der Waals surface area contributed by atoms with Gasteiger partial charge in [0.05, 0.1) is 6.04 Å². The molecule has 0 spiro atoms. The van der Waals surface area contributed by atoms with Gasteiger partial charge < -0.3 is 0 Å². The van der Waals surface area contributed by atoms with E-state index in [0.29, 0.717) is 6.04 Å². The quantitative estimate of drug-likeness (QED) is 0.540. The Labute approximate surface area is 157 Å². The summed E-state index contributed by atoms with van der Waals surface area (Å²) < 4.78 is 2.32. The van der Waals surface area contributed by atoms with Crippen molar-refractivity contribution in [1.29, 1.82) is 0 Å². The zero-order valence-corrected chi connectivity index (χ0v) is 16.5. The minimum absolute atomic E-state index is 0.647. The molecule has 2 saturated carbocycles. The lowest BCUT2D eigenvalue weighted by Gasteiger charge is -2.20. The third-order valence-electron chi connectivity index (χ3n) is 6.44. The van der Waals surface area contributed by atoms with Crippen LogP contribution in [-0.4, -0.2) is 9.78 Å². The van der Waals surface area contributed by atoms with E-state index in [2.05, 4.69) is 16.9 Å². The smallest absolute Gasteiger partial charge is 0.145 e. The lowest BCUT2D eigenvalue weighted by atomic mass is 9.95. The molecule has 0 aliphatic heterocycles. The highest BCUT2D eigenvalue weighted by atomic mass is 32.1. The molecule has 2 nitrogen and oxygen atoms in total. The molecule has 2 heterocycles. The van der Waals surface area contributed by atoms with Crippen LogP contribution >= 0.6 is 11.3 Å². The first kappa shape index (κ1) is 17.6. The number of hydrogen-bond acceptors (Lipinski definition) is 2. The van der Waals surface area contributed by atoms with Crippen LogP contribution in [0.2, 0.25) is 0 Å². The average molecular weight is 359 g/mol. The number of thiophene rings is 1. The minimum atomic E-state index is 0.647. The van der Waals surface area contributed by atoms with E-state index in [4.69, 9.17) is 5.10 Å². The highest BCUT2D eigenvalue weighted by Crippen LogP contribution is 2.38. The fourth-order valence-electron chi connectivity index (χ4n) is 4.87. The zero-order chi connectivity index (χ0) is 16.9. The summed E-state index contributed by atoms with van der Waals surface area (Å²) in [6.45, 7) is 0. The number of fused-ring (bicyclic) bond motifs is 1. The van der Waals surface area contributed by atoms with Gasteiger partial charge in [-0.2, -0.15) is 5.10 Å². The first-order valence-corrected chi connectivity index (χ1v) is 11.7. The van der Waals surface area contributed by atoms with Crippen LogP contribution in [0.5, 0.6) is 0 Å². The van der Waals surface area contributed by atoms with E-state index in [1.165, 1.54) is 107 Å². The van der Waals surface area contributed by atoms with E-state index < -0.39 is 0 Å². The Balaban J connectivity index is 1.48. The van der Waals surface area contributed by atoms with Crippen molar-refractivity contribution in [3.8, 4) is 0 Å². The van der Waals surface area contributed by atoms with Crippen LogP contribution in [0.3, 0.4) is 0 Å². The average Bonchev–Trinajstić information content (AvgIpc) is 3.16. The van der Waals surface area contributed by atoms with Crippen LogP contribution in [0.1, 0.15) is 113 Å². The van der Waals surface area contributed by atoms with Gasteiger partial charge in [-0.15, -0.1) is 11.3 Å². The van der Waals surface area contributed by atoms with Crippen molar-refractivity contribution in [3.05, 3.63) is 17.1 Å².